The summed E-state index contributed by atoms with van der Waals surface area (Å²) in [6.45, 7) is 8.04. The molecule has 7 heteroatoms. The standard InChI is InChI=1S/C13H20N6O/c1-6(2)8-5-9(17-16-8)15-13(20)12-10(14)11(7(3)4)18-19-12/h5-7H,14H2,1-4H3,(H,18,19)(H2,15,16,17,20). The molecule has 2 aromatic rings. The molecule has 7 nitrogen and oxygen atoms in total. The molecule has 0 saturated heterocycles. The van der Waals surface area contributed by atoms with Crippen molar-refractivity contribution < 1.29 is 4.79 Å². The van der Waals surface area contributed by atoms with Gasteiger partial charge in [0.05, 0.1) is 11.4 Å². The molecule has 2 aromatic heterocycles. The zero-order valence-electron chi connectivity index (χ0n) is 12.1. The molecule has 0 spiro atoms. The van der Waals surface area contributed by atoms with E-state index < -0.39 is 0 Å². The number of hydrogen-bond donors (Lipinski definition) is 4. The first-order valence-corrected chi connectivity index (χ1v) is 6.60. The average Bonchev–Trinajstić information content (AvgIpc) is 2.95. The van der Waals surface area contributed by atoms with Gasteiger partial charge in [-0.3, -0.25) is 15.0 Å². The summed E-state index contributed by atoms with van der Waals surface area (Å²) in [6.07, 6.45) is 0. The van der Waals surface area contributed by atoms with Crippen LogP contribution in [0.25, 0.3) is 0 Å². The quantitative estimate of drug-likeness (QED) is 0.685. The SMILES string of the molecule is CC(C)c1cc(NC(=O)c2n[nH]c(C(C)C)c2N)n[nH]1. The highest BCUT2D eigenvalue weighted by atomic mass is 16.2. The van der Waals surface area contributed by atoms with Gasteiger partial charge in [0.25, 0.3) is 5.91 Å². The lowest BCUT2D eigenvalue weighted by molar-refractivity contribution is 0.102. The van der Waals surface area contributed by atoms with Gasteiger partial charge in [-0.2, -0.15) is 10.2 Å². The Hall–Kier alpha value is -2.31. The minimum Gasteiger partial charge on any atom is -0.395 e. The Labute approximate surface area is 117 Å². The molecule has 1 amide bonds. The van der Waals surface area contributed by atoms with E-state index in [0.29, 0.717) is 17.4 Å². The van der Waals surface area contributed by atoms with Gasteiger partial charge in [0.15, 0.2) is 11.5 Å². The number of nitrogens with one attached hydrogen (secondary N) is 3. The zero-order chi connectivity index (χ0) is 14.9. The van der Waals surface area contributed by atoms with Crippen LogP contribution in [0.4, 0.5) is 11.5 Å². The summed E-state index contributed by atoms with van der Waals surface area (Å²) in [5, 5.41) is 16.4. The first kappa shape index (κ1) is 14.1. The number of carbonyl (C=O) groups is 1. The summed E-state index contributed by atoms with van der Waals surface area (Å²) in [5.74, 6) is 0.595. The number of aromatic nitrogens is 4. The smallest absolute Gasteiger partial charge is 0.279 e. The third-order valence-electron chi connectivity index (χ3n) is 3.09. The van der Waals surface area contributed by atoms with Crippen molar-refractivity contribution in [2.45, 2.75) is 39.5 Å². The van der Waals surface area contributed by atoms with Gasteiger partial charge in [-0.05, 0) is 11.8 Å². The fourth-order valence-electron chi connectivity index (χ4n) is 1.85. The Kier molecular flexibility index (Phi) is 3.78. The number of rotatable bonds is 4. The molecule has 0 unspecified atom stereocenters. The zero-order valence-corrected chi connectivity index (χ0v) is 12.1. The van der Waals surface area contributed by atoms with E-state index in [1.165, 1.54) is 0 Å². The lowest BCUT2D eigenvalue weighted by atomic mass is 10.1. The molecular formula is C13H20N6O. The third kappa shape index (κ3) is 2.66. The fourth-order valence-corrected chi connectivity index (χ4v) is 1.85. The van der Waals surface area contributed by atoms with Crippen molar-refractivity contribution >= 4 is 17.4 Å². The molecule has 20 heavy (non-hydrogen) atoms. The van der Waals surface area contributed by atoms with Gasteiger partial charge in [0.2, 0.25) is 0 Å². The van der Waals surface area contributed by atoms with Gasteiger partial charge in [-0.15, -0.1) is 0 Å². The lowest BCUT2D eigenvalue weighted by Crippen LogP contribution is -2.14. The molecule has 0 fully saturated rings. The van der Waals surface area contributed by atoms with Gasteiger partial charge < -0.3 is 11.1 Å². The third-order valence-corrected chi connectivity index (χ3v) is 3.09. The number of carbonyl (C=O) groups excluding carboxylic acids is 1. The van der Waals surface area contributed by atoms with E-state index in [1.54, 1.807) is 6.07 Å². The number of nitrogens with two attached hydrogens (primary N) is 1. The lowest BCUT2D eigenvalue weighted by Gasteiger charge is -2.03. The second-order valence-electron chi connectivity index (χ2n) is 5.37. The number of anilines is 2. The van der Waals surface area contributed by atoms with Gasteiger partial charge >= 0.3 is 0 Å². The Bertz CT molecular complexity index is 610. The number of hydrogen-bond acceptors (Lipinski definition) is 4. The van der Waals surface area contributed by atoms with Crippen LogP contribution in [0.2, 0.25) is 0 Å². The number of aromatic amines is 2. The van der Waals surface area contributed by atoms with Crippen LogP contribution in [-0.4, -0.2) is 26.3 Å². The van der Waals surface area contributed by atoms with Gasteiger partial charge in [0, 0.05) is 11.8 Å². The first-order chi connectivity index (χ1) is 9.40. The van der Waals surface area contributed by atoms with Crippen LogP contribution in [0.5, 0.6) is 0 Å². The maximum atomic E-state index is 12.1. The Balaban J connectivity index is 2.15. The predicted octanol–water partition coefficient (Wildman–Crippen LogP) is 2.21. The van der Waals surface area contributed by atoms with E-state index in [4.69, 9.17) is 5.73 Å². The number of amides is 1. The highest BCUT2D eigenvalue weighted by Crippen LogP contribution is 2.23. The van der Waals surface area contributed by atoms with Crippen LogP contribution < -0.4 is 11.1 Å². The maximum Gasteiger partial charge on any atom is 0.279 e. The number of nitrogens with zero attached hydrogens (tertiary/aromatic N) is 2. The van der Waals surface area contributed by atoms with E-state index in [2.05, 4.69) is 25.7 Å². The van der Waals surface area contributed by atoms with Crippen molar-refractivity contribution in [3.8, 4) is 0 Å². The second kappa shape index (κ2) is 5.36. The second-order valence-corrected chi connectivity index (χ2v) is 5.37. The molecule has 0 aliphatic rings. The molecule has 2 rings (SSSR count). The largest absolute Gasteiger partial charge is 0.395 e. The minimum absolute atomic E-state index is 0.182. The van der Waals surface area contributed by atoms with Crippen LogP contribution in [0, 0.1) is 0 Å². The van der Waals surface area contributed by atoms with Crippen molar-refractivity contribution in [3.63, 3.8) is 0 Å². The normalized spacial score (nSPS) is 11.3. The summed E-state index contributed by atoms with van der Waals surface area (Å²) in [6, 6.07) is 1.80. The van der Waals surface area contributed by atoms with E-state index in [1.807, 2.05) is 27.7 Å². The van der Waals surface area contributed by atoms with Crippen LogP contribution in [0.15, 0.2) is 6.07 Å². The summed E-state index contributed by atoms with van der Waals surface area (Å²) in [4.78, 5) is 12.1. The number of nitrogen functional groups attached to an aromatic ring is 1. The van der Waals surface area contributed by atoms with Gasteiger partial charge in [-0.25, -0.2) is 0 Å². The van der Waals surface area contributed by atoms with Gasteiger partial charge in [0.1, 0.15) is 0 Å². The molecule has 0 bridgehead atoms. The highest BCUT2D eigenvalue weighted by Gasteiger charge is 2.19. The van der Waals surface area contributed by atoms with Crippen molar-refractivity contribution in [1.82, 2.24) is 20.4 Å². The number of H-pyrrole nitrogens is 2. The maximum absolute atomic E-state index is 12.1. The molecule has 0 aromatic carbocycles. The van der Waals surface area contributed by atoms with Gasteiger partial charge in [-0.1, -0.05) is 27.7 Å². The molecule has 0 radical (unpaired) electrons. The predicted molar refractivity (Wildman–Crippen MR) is 77.7 cm³/mol. The monoisotopic (exact) mass is 276 g/mol. The van der Waals surface area contributed by atoms with E-state index in [-0.39, 0.29) is 17.5 Å². The first-order valence-electron chi connectivity index (χ1n) is 6.60. The summed E-state index contributed by atoms with van der Waals surface area (Å²) < 4.78 is 0. The van der Waals surface area contributed by atoms with Crippen LogP contribution in [-0.2, 0) is 0 Å². The highest BCUT2D eigenvalue weighted by molar-refractivity contribution is 6.06. The Morgan fingerprint density at radius 1 is 1.20 bits per heavy atom. The molecule has 0 atom stereocenters. The van der Waals surface area contributed by atoms with Crippen molar-refractivity contribution in [2.24, 2.45) is 0 Å². The van der Waals surface area contributed by atoms with Crippen molar-refractivity contribution in [1.29, 1.82) is 0 Å². The molecule has 5 N–H and O–H groups in total. The molecule has 2 heterocycles. The molecule has 0 aliphatic heterocycles. The molecule has 0 aliphatic carbocycles. The summed E-state index contributed by atoms with van der Waals surface area (Å²) >= 11 is 0. The van der Waals surface area contributed by atoms with Crippen molar-refractivity contribution in [3.05, 3.63) is 23.1 Å². The topological polar surface area (TPSA) is 112 Å². The van der Waals surface area contributed by atoms with E-state index >= 15 is 0 Å². The fraction of sp³-hybridized carbons (Fsp3) is 0.462. The minimum atomic E-state index is -0.368. The van der Waals surface area contributed by atoms with E-state index in [9.17, 15) is 4.79 Å². The Morgan fingerprint density at radius 3 is 2.40 bits per heavy atom. The molecular weight excluding hydrogens is 256 g/mol. The summed E-state index contributed by atoms with van der Waals surface area (Å²) in [7, 11) is 0. The van der Waals surface area contributed by atoms with Crippen molar-refractivity contribution in [2.75, 3.05) is 11.1 Å². The van der Waals surface area contributed by atoms with Crippen LogP contribution in [0.1, 0.15) is 61.4 Å². The van der Waals surface area contributed by atoms with Crippen LogP contribution >= 0.6 is 0 Å². The Morgan fingerprint density at radius 2 is 1.90 bits per heavy atom. The molecule has 0 saturated carbocycles. The summed E-state index contributed by atoms with van der Waals surface area (Å²) in [5.41, 5.74) is 8.23. The van der Waals surface area contributed by atoms with E-state index in [0.717, 1.165) is 11.4 Å². The molecule has 108 valence electrons. The average molecular weight is 276 g/mol. The van der Waals surface area contributed by atoms with Crippen LogP contribution in [0.3, 0.4) is 0 Å².